The van der Waals surface area contributed by atoms with E-state index in [2.05, 4.69) is 21.4 Å². The van der Waals surface area contributed by atoms with Gasteiger partial charge in [-0.25, -0.2) is 10.9 Å². The summed E-state index contributed by atoms with van der Waals surface area (Å²) in [6.45, 7) is 2.00. The minimum Gasteiger partial charge on any atom is -0.271 e. The van der Waals surface area contributed by atoms with Crippen LogP contribution in [0.5, 0.6) is 0 Å². The Bertz CT molecular complexity index is 507. The Labute approximate surface area is 121 Å². The van der Waals surface area contributed by atoms with Crippen molar-refractivity contribution in [2.24, 2.45) is 5.10 Å². The SMILES string of the molecule is CC1CC(C(=O)N/N=C/c2ccc(Cl)c(Cl)c2)NN1. The van der Waals surface area contributed by atoms with Gasteiger partial charge < -0.3 is 0 Å². The van der Waals surface area contributed by atoms with E-state index in [1.165, 1.54) is 6.21 Å². The first-order valence-corrected chi connectivity index (χ1v) is 6.61. The molecule has 0 radical (unpaired) electrons. The van der Waals surface area contributed by atoms with Crippen molar-refractivity contribution in [3.05, 3.63) is 33.8 Å². The average Bonchev–Trinajstić information content (AvgIpc) is 2.80. The predicted molar refractivity (Wildman–Crippen MR) is 76.3 cm³/mol. The van der Waals surface area contributed by atoms with Crippen LogP contribution in [-0.4, -0.2) is 24.2 Å². The van der Waals surface area contributed by atoms with Crippen molar-refractivity contribution in [3.8, 4) is 0 Å². The molecule has 1 aliphatic rings. The number of benzene rings is 1. The Kier molecular flexibility index (Phi) is 4.76. The van der Waals surface area contributed by atoms with Crippen LogP contribution in [-0.2, 0) is 4.79 Å². The molecule has 2 unspecified atom stereocenters. The maximum atomic E-state index is 11.7. The quantitative estimate of drug-likeness (QED) is 0.588. The van der Waals surface area contributed by atoms with Crippen LogP contribution in [0, 0.1) is 0 Å². The number of hydrazine groups is 1. The molecule has 1 aromatic rings. The molecule has 1 heterocycles. The molecule has 1 aromatic carbocycles. The van der Waals surface area contributed by atoms with Crippen molar-refractivity contribution in [1.82, 2.24) is 16.3 Å². The van der Waals surface area contributed by atoms with E-state index in [4.69, 9.17) is 23.2 Å². The van der Waals surface area contributed by atoms with Crippen LogP contribution in [0.15, 0.2) is 23.3 Å². The highest BCUT2D eigenvalue weighted by molar-refractivity contribution is 6.42. The smallest absolute Gasteiger partial charge is 0.258 e. The van der Waals surface area contributed by atoms with Gasteiger partial charge in [-0.3, -0.25) is 10.2 Å². The number of rotatable bonds is 3. The Hall–Kier alpha value is -1.14. The van der Waals surface area contributed by atoms with E-state index in [1.54, 1.807) is 18.2 Å². The number of hydrogen-bond donors (Lipinski definition) is 3. The molecule has 1 fully saturated rings. The zero-order valence-corrected chi connectivity index (χ0v) is 11.8. The Morgan fingerprint density at radius 3 is 2.84 bits per heavy atom. The second-order valence-electron chi connectivity index (χ2n) is 4.39. The molecule has 19 heavy (non-hydrogen) atoms. The molecule has 2 atom stereocenters. The lowest BCUT2D eigenvalue weighted by Gasteiger charge is -2.06. The molecule has 1 aliphatic heterocycles. The second-order valence-corrected chi connectivity index (χ2v) is 5.20. The largest absolute Gasteiger partial charge is 0.271 e. The lowest BCUT2D eigenvalue weighted by Crippen LogP contribution is -2.41. The molecule has 0 saturated carbocycles. The summed E-state index contributed by atoms with van der Waals surface area (Å²) >= 11 is 11.7. The van der Waals surface area contributed by atoms with Crippen molar-refractivity contribution in [3.63, 3.8) is 0 Å². The molecule has 1 saturated heterocycles. The fraction of sp³-hybridized carbons (Fsp3) is 0.333. The summed E-state index contributed by atoms with van der Waals surface area (Å²) < 4.78 is 0. The van der Waals surface area contributed by atoms with E-state index in [-0.39, 0.29) is 18.0 Å². The number of hydrogen-bond acceptors (Lipinski definition) is 4. The highest BCUT2D eigenvalue weighted by Crippen LogP contribution is 2.21. The number of hydrazone groups is 1. The predicted octanol–water partition coefficient (Wildman–Crippen LogP) is 1.70. The van der Waals surface area contributed by atoms with Crippen LogP contribution < -0.4 is 16.3 Å². The number of nitrogens with zero attached hydrogens (tertiary/aromatic N) is 1. The summed E-state index contributed by atoms with van der Waals surface area (Å²) in [6, 6.07) is 5.13. The summed E-state index contributed by atoms with van der Waals surface area (Å²) in [7, 11) is 0. The number of nitrogens with one attached hydrogen (secondary N) is 3. The van der Waals surface area contributed by atoms with E-state index < -0.39 is 0 Å². The van der Waals surface area contributed by atoms with Gasteiger partial charge in [-0.05, 0) is 31.0 Å². The third-order valence-electron chi connectivity index (χ3n) is 2.74. The first kappa shape index (κ1) is 14.3. The maximum Gasteiger partial charge on any atom is 0.258 e. The van der Waals surface area contributed by atoms with Gasteiger partial charge in [0.1, 0.15) is 6.04 Å². The summed E-state index contributed by atoms with van der Waals surface area (Å²) in [5, 5.41) is 4.82. The molecular formula is C12H14Cl2N4O. The van der Waals surface area contributed by atoms with Gasteiger partial charge in [-0.2, -0.15) is 5.10 Å². The second kappa shape index (κ2) is 6.34. The van der Waals surface area contributed by atoms with E-state index in [0.717, 1.165) is 12.0 Å². The minimum absolute atomic E-state index is 0.173. The molecule has 2 rings (SSSR count). The molecule has 0 spiro atoms. The highest BCUT2D eigenvalue weighted by atomic mass is 35.5. The van der Waals surface area contributed by atoms with Crippen LogP contribution in [0.3, 0.4) is 0 Å². The standard InChI is InChI=1S/C12H14Cl2N4O/c1-7-4-11(17-16-7)12(19)18-15-6-8-2-3-9(13)10(14)5-8/h2-3,5-7,11,16-17H,4H2,1H3,(H,18,19)/b15-6+. The summed E-state index contributed by atoms with van der Waals surface area (Å²) in [5.41, 5.74) is 9.12. The van der Waals surface area contributed by atoms with Crippen LogP contribution >= 0.6 is 23.2 Å². The van der Waals surface area contributed by atoms with Crippen LogP contribution in [0.25, 0.3) is 0 Å². The van der Waals surface area contributed by atoms with Crippen molar-refractivity contribution in [2.45, 2.75) is 25.4 Å². The zero-order chi connectivity index (χ0) is 13.8. The Balaban J connectivity index is 1.89. The van der Waals surface area contributed by atoms with Gasteiger partial charge in [0.25, 0.3) is 5.91 Å². The van der Waals surface area contributed by atoms with Gasteiger partial charge >= 0.3 is 0 Å². The zero-order valence-electron chi connectivity index (χ0n) is 10.3. The molecule has 0 aliphatic carbocycles. The maximum absolute atomic E-state index is 11.7. The van der Waals surface area contributed by atoms with Crippen LogP contribution in [0.1, 0.15) is 18.9 Å². The van der Waals surface area contributed by atoms with Crippen molar-refractivity contribution < 1.29 is 4.79 Å². The number of carbonyl (C=O) groups is 1. The van der Waals surface area contributed by atoms with Gasteiger partial charge in [0.2, 0.25) is 0 Å². The third kappa shape index (κ3) is 3.91. The van der Waals surface area contributed by atoms with Crippen molar-refractivity contribution >= 4 is 35.3 Å². The van der Waals surface area contributed by atoms with Gasteiger partial charge in [0.05, 0.1) is 16.3 Å². The Morgan fingerprint density at radius 2 is 2.21 bits per heavy atom. The summed E-state index contributed by atoms with van der Waals surface area (Å²) in [5.74, 6) is -0.173. The monoisotopic (exact) mass is 300 g/mol. The molecule has 0 bridgehead atoms. The Morgan fingerprint density at radius 1 is 1.42 bits per heavy atom. The van der Waals surface area contributed by atoms with Gasteiger partial charge in [0, 0.05) is 6.04 Å². The minimum atomic E-state index is -0.263. The lowest BCUT2D eigenvalue weighted by molar-refractivity contribution is -0.122. The van der Waals surface area contributed by atoms with E-state index in [1.807, 2.05) is 6.92 Å². The third-order valence-corrected chi connectivity index (χ3v) is 3.48. The fourth-order valence-corrected chi connectivity index (χ4v) is 2.03. The van der Waals surface area contributed by atoms with E-state index in [9.17, 15) is 4.79 Å². The normalized spacial score (nSPS) is 22.9. The number of halogens is 2. The average molecular weight is 301 g/mol. The number of carbonyl (C=O) groups excluding carboxylic acids is 1. The summed E-state index contributed by atoms with van der Waals surface area (Å²) in [4.78, 5) is 11.7. The summed E-state index contributed by atoms with van der Waals surface area (Å²) in [6.07, 6.45) is 2.25. The van der Waals surface area contributed by atoms with Gasteiger partial charge in [-0.15, -0.1) is 0 Å². The molecule has 102 valence electrons. The van der Waals surface area contributed by atoms with E-state index >= 15 is 0 Å². The molecule has 5 nitrogen and oxygen atoms in total. The highest BCUT2D eigenvalue weighted by Gasteiger charge is 2.26. The van der Waals surface area contributed by atoms with Crippen molar-refractivity contribution in [2.75, 3.05) is 0 Å². The van der Waals surface area contributed by atoms with Crippen molar-refractivity contribution in [1.29, 1.82) is 0 Å². The first-order chi connectivity index (χ1) is 9.06. The topological polar surface area (TPSA) is 65.5 Å². The van der Waals surface area contributed by atoms with Gasteiger partial charge in [0.15, 0.2) is 0 Å². The lowest BCUT2D eigenvalue weighted by atomic mass is 10.1. The van der Waals surface area contributed by atoms with E-state index in [0.29, 0.717) is 10.0 Å². The fourth-order valence-electron chi connectivity index (χ4n) is 1.73. The molecule has 0 aromatic heterocycles. The van der Waals surface area contributed by atoms with Crippen LogP contribution in [0.4, 0.5) is 0 Å². The molecule has 1 amide bonds. The van der Waals surface area contributed by atoms with Gasteiger partial charge in [-0.1, -0.05) is 29.3 Å². The molecule has 3 N–H and O–H groups in total. The molecular weight excluding hydrogens is 287 g/mol. The number of amides is 1. The molecule has 7 heteroatoms. The van der Waals surface area contributed by atoms with Crippen LogP contribution in [0.2, 0.25) is 10.0 Å². The first-order valence-electron chi connectivity index (χ1n) is 5.85.